The van der Waals surface area contributed by atoms with Crippen LogP contribution in [0.4, 0.5) is 0 Å². The number of hydrogen-bond acceptors (Lipinski definition) is 4. The van der Waals surface area contributed by atoms with Crippen LogP contribution in [0.25, 0.3) is 0 Å². The minimum atomic E-state index is -0.697. The fraction of sp³-hybridized carbons (Fsp3) is 0.500. The van der Waals surface area contributed by atoms with Gasteiger partial charge in [-0.25, -0.2) is 0 Å². The molecule has 1 aromatic heterocycles. The Morgan fingerprint density at radius 1 is 1.47 bits per heavy atom. The topological polar surface area (TPSA) is 87.7 Å². The van der Waals surface area contributed by atoms with E-state index in [9.17, 15) is 4.79 Å². The summed E-state index contributed by atoms with van der Waals surface area (Å²) in [4.78, 5) is 12.3. The SMILES string of the molecule is NC(=NO)C1(NC(=O)c2csc(I)c2)CCCCC1. The average molecular weight is 393 g/mol. The van der Waals surface area contributed by atoms with E-state index in [-0.39, 0.29) is 11.7 Å². The predicted octanol–water partition coefficient (Wildman–Crippen LogP) is 2.53. The van der Waals surface area contributed by atoms with Crippen LogP contribution in [-0.2, 0) is 0 Å². The van der Waals surface area contributed by atoms with Gasteiger partial charge in [0.1, 0.15) is 5.54 Å². The molecule has 0 aromatic carbocycles. The van der Waals surface area contributed by atoms with Gasteiger partial charge in [0, 0.05) is 5.38 Å². The molecule has 7 heteroatoms. The molecule has 0 bridgehead atoms. The van der Waals surface area contributed by atoms with Gasteiger partial charge in [-0.2, -0.15) is 0 Å². The molecule has 1 aliphatic carbocycles. The van der Waals surface area contributed by atoms with Crippen LogP contribution in [0.3, 0.4) is 0 Å². The summed E-state index contributed by atoms with van der Waals surface area (Å²) in [6, 6.07) is 1.84. The van der Waals surface area contributed by atoms with Crippen LogP contribution in [-0.4, -0.2) is 22.5 Å². The molecule has 0 aliphatic heterocycles. The molecule has 5 nitrogen and oxygen atoms in total. The van der Waals surface area contributed by atoms with Crippen molar-refractivity contribution in [1.29, 1.82) is 0 Å². The first kappa shape index (κ1) is 14.6. The van der Waals surface area contributed by atoms with Gasteiger partial charge < -0.3 is 16.3 Å². The van der Waals surface area contributed by atoms with E-state index in [0.29, 0.717) is 5.56 Å². The first-order valence-corrected chi connectivity index (χ1v) is 8.08. The molecule has 1 heterocycles. The second kappa shape index (κ2) is 6.08. The summed E-state index contributed by atoms with van der Waals surface area (Å²) in [7, 11) is 0. The molecule has 1 aromatic rings. The zero-order chi connectivity index (χ0) is 13.9. The molecule has 4 N–H and O–H groups in total. The Hall–Kier alpha value is -0.830. The number of nitrogens with one attached hydrogen (secondary N) is 1. The maximum absolute atomic E-state index is 12.3. The highest BCUT2D eigenvalue weighted by Crippen LogP contribution is 2.29. The minimum Gasteiger partial charge on any atom is -0.409 e. The fourth-order valence-corrected chi connectivity index (χ4v) is 3.74. The second-order valence-corrected chi connectivity index (χ2v) is 7.53. The van der Waals surface area contributed by atoms with Gasteiger partial charge in [0.25, 0.3) is 5.91 Å². The van der Waals surface area contributed by atoms with Crippen LogP contribution in [0.2, 0.25) is 0 Å². The molecule has 1 saturated carbocycles. The Balaban J connectivity index is 2.19. The van der Waals surface area contributed by atoms with Gasteiger partial charge in [0.15, 0.2) is 5.84 Å². The van der Waals surface area contributed by atoms with Crippen molar-refractivity contribution in [3.8, 4) is 0 Å². The molecular weight excluding hydrogens is 377 g/mol. The Kier molecular flexibility index (Phi) is 4.67. The number of carbonyl (C=O) groups excluding carboxylic acids is 1. The largest absolute Gasteiger partial charge is 0.409 e. The number of halogens is 1. The quantitative estimate of drug-likeness (QED) is 0.243. The van der Waals surface area contributed by atoms with Gasteiger partial charge in [-0.15, -0.1) is 11.3 Å². The third kappa shape index (κ3) is 3.19. The number of carbonyl (C=O) groups is 1. The fourth-order valence-electron chi connectivity index (χ4n) is 2.41. The molecule has 0 saturated heterocycles. The lowest BCUT2D eigenvalue weighted by Crippen LogP contribution is -2.58. The molecule has 0 unspecified atom stereocenters. The van der Waals surface area contributed by atoms with Crippen molar-refractivity contribution in [3.63, 3.8) is 0 Å². The number of amidine groups is 1. The highest BCUT2D eigenvalue weighted by Gasteiger charge is 2.38. The van der Waals surface area contributed by atoms with Crippen LogP contribution in [0.15, 0.2) is 16.6 Å². The van der Waals surface area contributed by atoms with E-state index in [0.717, 1.165) is 35.0 Å². The van der Waals surface area contributed by atoms with Gasteiger partial charge in [-0.1, -0.05) is 24.4 Å². The lowest BCUT2D eigenvalue weighted by molar-refractivity contribution is 0.0906. The van der Waals surface area contributed by atoms with Crippen molar-refractivity contribution in [1.82, 2.24) is 5.32 Å². The maximum atomic E-state index is 12.3. The molecule has 19 heavy (non-hydrogen) atoms. The van der Waals surface area contributed by atoms with Crippen LogP contribution in [0.5, 0.6) is 0 Å². The number of amides is 1. The highest BCUT2D eigenvalue weighted by atomic mass is 127. The van der Waals surface area contributed by atoms with E-state index in [4.69, 9.17) is 10.9 Å². The van der Waals surface area contributed by atoms with E-state index in [1.807, 2.05) is 11.4 Å². The lowest BCUT2D eigenvalue weighted by atomic mass is 9.80. The summed E-state index contributed by atoms with van der Waals surface area (Å²) in [5, 5.41) is 16.9. The van der Waals surface area contributed by atoms with Crippen molar-refractivity contribution >= 4 is 45.7 Å². The lowest BCUT2D eigenvalue weighted by Gasteiger charge is -2.36. The summed E-state index contributed by atoms with van der Waals surface area (Å²) < 4.78 is 1.06. The first-order chi connectivity index (χ1) is 9.07. The number of thiophene rings is 1. The van der Waals surface area contributed by atoms with Crippen molar-refractivity contribution in [3.05, 3.63) is 19.9 Å². The Morgan fingerprint density at radius 3 is 2.68 bits per heavy atom. The van der Waals surface area contributed by atoms with Gasteiger partial charge in [-0.3, -0.25) is 4.79 Å². The third-order valence-corrected chi connectivity index (χ3v) is 5.28. The maximum Gasteiger partial charge on any atom is 0.252 e. The summed E-state index contributed by atoms with van der Waals surface area (Å²) in [6.45, 7) is 0. The second-order valence-electron chi connectivity index (χ2n) is 4.72. The van der Waals surface area contributed by atoms with Crippen LogP contribution in [0, 0.1) is 2.88 Å². The first-order valence-electron chi connectivity index (χ1n) is 6.12. The van der Waals surface area contributed by atoms with Gasteiger partial charge in [0.05, 0.1) is 8.45 Å². The van der Waals surface area contributed by atoms with Crippen molar-refractivity contribution < 1.29 is 10.0 Å². The van der Waals surface area contributed by atoms with E-state index in [1.54, 1.807) is 0 Å². The van der Waals surface area contributed by atoms with Crippen LogP contribution < -0.4 is 11.1 Å². The van der Waals surface area contributed by atoms with E-state index < -0.39 is 5.54 Å². The number of oxime groups is 1. The minimum absolute atomic E-state index is 0.102. The molecule has 2 rings (SSSR count). The summed E-state index contributed by atoms with van der Waals surface area (Å²) in [5.41, 5.74) is 5.73. The van der Waals surface area contributed by atoms with Crippen molar-refractivity contribution in [2.75, 3.05) is 0 Å². The molecule has 0 spiro atoms. The highest BCUT2D eigenvalue weighted by molar-refractivity contribution is 14.1. The average Bonchev–Trinajstić information content (AvgIpc) is 2.85. The van der Waals surface area contributed by atoms with Gasteiger partial charge in [0.2, 0.25) is 0 Å². The van der Waals surface area contributed by atoms with Crippen LogP contribution >= 0.6 is 33.9 Å². The standard InChI is InChI=1S/C12H16IN3O2S/c13-9-6-8(7-19-9)10(17)15-12(11(14)16-18)4-2-1-3-5-12/h6-7,18H,1-5H2,(H2,14,16)(H,15,17). The molecule has 1 fully saturated rings. The molecule has 1 aliphatic rings. The monoisotopic (exact) mass is 393 g/mol. The zero-order valence-corrected chi connectivity index (χ0v) is 13.3. The van der Waals surface area contributed by atoms with Crippen molar-refractivity contribution in [2.24, 2.45) is 10.9 Å². The Labute approximate surface area is 129 Å². The van der Waals surface area contributed by atoms with Crippen molar-refractivity contribution in [2.45, 2.75) is 37.6 Å². The van der Waals surface area contributed by atoms with E-state index in [2.05, 4.69) is 33.1 Å². The Morgan fingerprint density at radius 2 is 2.16 bits per heavy atom. The van der Waals surface area contributed by atoms with Gasteiger partial charge in [-0.05, 0) is 41.5 Å². The Bertz CT molecular complexity index is 495. The molecule has 0 atom stereocenters. The summed E-state index contributed by atoms with van der Waals surface area (Å²) >= 11 is 3.70. The molecule has 1 amide bonds. The number of hydrogen-bond donors (Lipinski definition) is 3. The molecular formula is C12H16IN3O2S. The number of nitrogens with two attached hydrogens (primary N) is 1. The number of rotatable bonds is 3. The zero-order valence-electron chi connectivity index (χ0n) is 10.4. The third-order valence-electron chi connectivity index (χ3n) is 3.49. The van der Waals surface area contributed by atoms with Crippen LogP contribution in [0.1, 0.15) is 42.5 Å². The van der Waals surface area contributed by atoms with E-state index in [1.165, 1.54) is 11.3 Å². The summed E-state index contributed by atoms with van der Waals surface area (Å²) in [6.07, 6.45) is 4.49. The van der Waals surface area contributed by atoms with E-state index >= 15 is 0 Å². The summed E-state index contributed by atoms with van der Waals surface area (Å²) in [5.74, 6) is -0.0573. The predicted molar refractivity (Wildman–Crippen MR) is 83.7 cm³/mol. The smallest absolute Gasteiger partial charge is 0.252 e. The normalized spacial score (nSPS) is 19.1. The molecule has 104 valence electrons. The number of nitrogens with zero attached hydrogens (tertiary/aromatic N) is 1. The molecule has 0 radical (unpaired) electrons. The van der Waals surface area contributed by atoms with Gasteiger partial charge >= 0.3 is 0 Å².